The second kappa shape index (κ2) is 8.32. The number of anilines is 1. The van der Waals surface area contributed by atoms with E-state index >= 15 is 0 Å². The van der Waals surface area contributed by atoms with E-state index in [2.05, 4.69) is 4.98 Å². The van der Waals surface area contributed by atoms with Crippen LogP contribution in [0.15, 0.2) is 42.5 Å². The minimum atomic E-state index is -1.62. The molecule has 0 aliphatic carbocycles. The van der Waals surface area contributed by atoms with Gasteiger partial charge in [-0.15, -0.1) is 0 Å². The van der Waals surface area contributed by atoms with Crippen molar-refractivity contribution in [1.29, 1.82) is 5.26 Å². The first-order valence-corrected chi connectivity index (χ1v) is 9.90. The number of benzene rings is 2. The molecule has 0 amide bonds. The van der Waals surface area contributed by atoms with Gasteiger partial charge in [0.15, 0.2) is 6.23 Å². The first-order valence-electron chi connectivity index (χ1n) is 9.49. The number of nitriles is 1. The minimum absolute atomic E-state index is 0.0147. The molecule has 0 bridgehead atoms. The van der Waals surface area contributed by atoms with Gasteiger partial charge in [0.1, 0.15) is 41.9 Å². The predicted molar refractivity (Wildman–Crippen MR) is 114 cm³/mol. The van der Waals surface area contributed by atoms with Crippen LogP contribution in [0.1, 0.15) is 11.8 Å². The summed E-state index contributed by atoms with van der Waals surface area (Å²) >= 11 is 5.37. The smallest absolute Gasteiger partial charge is 0.204 e. The van der Waals surface area contributed by atoms with Crippen molar-refractivity contribution in [2.45, 2.75) is 30.6 Å². The molecule has 3 aromatic rings. The molecule has 0 spiro atoms. The lowest BCUT2D eigenvalue weighted by molar-refractivity contribution is -0.251. The van der Waals surface area contributed by atoms with Crippen molar-refractivity contribution in [2.24, 2.45) is 0 Å². The molecule has 4 rings (SSSR count). The summed E-state index contributed by atoms with van der Waals surface area (Å²) in [7, 11) is 0. The Morgan fingerprint density at radius 1 is 1.10 bits per heavy atom. The van der Waals surface area contributed by atoms with E-state index in [0.717, 1.165) is 10.8 Å². The number of aliphatic hydroxyl groups excluding tert-OH is 4. The number of ether oxygens (including phenoxy) is 1. The number of rotatable bonds is 3. The number of hydrogen-bond donors (Lipinski definition) is 5. The Morgan fingerprint density at radius 3 is 2.48 bits per heavy atom. The molecule has 2 aromatic carbocycles. The van der Waals surface area contributed by atoms with Crippen LogP contribution in [0.2, 0.25) is 0 Å². The molecule has 5 atom stereocenters. The Hall–Kier alpha value is -2.91. The van der Waals surface area contributed by atoms with Crippen LogP contribution in [-0.2, 0) is 4.74 Å². The van der Waals surface area contributed by atoms with Crippen LogP contribution >= 0.6 is 12.2 Å². The molecule has 31 heavy (non-hydrogen) atoms. The van der Waals surface area contributed by atoms with Crippen LogP contribution in [-0.4, -0.2) is 61.0 Å². The van der Waals surface area contributed by atoms with E-state index in [-0.39, 0.29) is 21.8 Å². The molecule has 1 fully saturated rings. The van der Waals surface area contributed by atoms with Gasteiger partial charge in [0.25, 0.3) is 0 Å². The van der Waals surface area contributed by atoms with Gasteiger partial charge in [-0.3, -0.25) is 4.57 Å². The van der Waals surface area contributed by atoms with Gasteiger partial charge < -0.3 is 30.9 Å². The van der Waals surface area contributed by atoms with Crippen molar-refractivity contribution < 1.29 is 25.2 Å². The minimum Gasteiger partial charge on any atom is -0.394 e. The van der Waals surface area contributed by atoms with Gasteiger partial charge in [-0.2, -0.15) is 5.26 Å². The maximum Gasteiger partial charge on any atom is 0.204 e. The predicted octanol–water partition coefficient (Wildman–Crippen LogP) is 0.859. The van der Waals surface area contributed by atoms with Gasteiger partial charge in [0.2, 0.25) is 4.77 Å². The Morgan fingerprint density at radius 2 is 1.81 bits per heavy atom. The SMILES string of the molecule is N#Cc1c(N)nc(=S)n([C@@H]2O[C@H](CO)[C@@H](O)[C@H](O)[C@H]2O)c1-c1ccc2ccccc2c1. The van der Waals surface area contributed by atoms with Crippen molar-refractivity contribution in [1.82, 2.24) is 9.55 Å². The Balaban J connectivity index is 1.99. The van der Waals surface area contributed by atoms with Crippen LogP contribution in [0, 0.1) is 16.1 Å². The van der Waals surface area contributed by atoms with Crippen LogP contribution in [0.4, 0.5) is 5.82 Å². The highest BCUT2D eigenvalue weighted by Gasteiger charge is 2.45. The molecular formula is C21H20N4O5S. The van der Waals surface area contributed by atoms with E-state index < -0.39 is 37.3 Å². The molecule has 1 aromatic heterocycles. The average molecular weight is 440 g/mol. The Bertz CT molecular complexity index is 1240. The molecule has 9 nitrogen and oxygen atoms in total. The van der Waals surface area contributed by atoms with E-state index in [9.17, 15) is 25.7 Å². The van der Waals surface area contributed by atoms with Gasteiger partial charge >= 0.3 is 0 Å². The molecular weight excluding hydrogens is 420 g/mol. The molecule has 10 heteroatoms. The van der Waals surface area contributed by atoms with Crippen molar-refractivity contribution in [3.8, 4) is 17.3 Å². The molecule has 1 saturated heterocycles. The number of aromatic nitrogens is 2. The number of aliphatic hydroxyl groups is 4. The summed E-state index contributed by atoms with van der Waals surface area (Å²) < 4.78 is 6.88. The summed E-state index contributed by atoms with van der Waals surface area (Å²) in [5, 5.41) is 52.2. The molecule has 1 aliphatic rings. The fraction of sp³-hybridized carbons (Fsp3) is 0.286. The summed E-state index contributed by atoms with van der Waals surface area (Å²) in [5.74, 6) is -0.0866. The largest absolute Gasteiger partial charge is 0.394 e. The second-order valence-electron chi connectivity index (χ2n) is 7.27. The monoisotopic (exact) mass is 440 g/mol. The van der Waals surface area contributed by atoms with Crippen LogP contribution in [0.3, 0.4) is 0 Å². The fourth-order valence-corrected chi connectivity index (χ4v) is 4.11. The molecule has 0 saturated carbocycles. The summed E-state index contributed by atoms with van der Waals surface area (Å²) in [6.07, 6.45) is -7.25. The normalized spacial score (nSPS) is 26.0. The van der Waals surface area contributed by atoms with Crippen molar-refractivity contribution in [3.63, 3.8) is 0 Å². The standard InChI is InChI=1S/C21H20N4O5S/c22-8-13-15(12-6-5-10-3-1-2-4-11(10)7-12)25(21(31)24-19(13)23)20-18(29)17(28)16(27)14(9-26)30-20/h1-7,14,16-18,20,26-29H,9H2,(H2,23,24,31)/t14-,16-,17+,18-,20-/m1/s1. The van der Waals surface area contributed by atoms with E-state index in [1.807, 2.05) is 42.5 Å². The molecule has 160 valence electrons. The van der Waals surface area contributed by atoms with Crippen LogP contribution in [0.25, 0.3) is 22.0 Å². The van der Waals surface area contributed by atoms with Gasteiger partial charge in [0.05, 0.1) is 12.3 Å². The highest BCUT2D eigenvalue weighted by molar-refractivity contribution is 7.71. The zero-order valence-corrected chi connectivity index (χ0v) is 17.0. The maximum absolute atomic E-state index is 10.6. The lowest BCUT2D eigenvalue weighted by Crippen LogP contribution is -2.56. The van der Waals surface area contributed by atoms with E-state index in [1.54, 1.807) is 6.07 Å². The molecule has 0 radical (unpaired) electrons. The topological polar surface area (TPSA) is 158 Å². The van der Waals surface area contributed by atoms with E-state index in [1.165, 1.54) is 4.57 Å². The fourth-order valence-electron chi connectivity index (χ4n) is 3.81. The lowest BCUT2D eigenvalue weighted by atomic mass is 9.97. The Labute approximate surface area is 182 Å². The summed E-state index contributed by atoms with van der Waals surface area (Å²) in [6.45, 7) is -0.604. The van der Waals surface area contributed by atoms with Crippen molar-refractivity contribution in [3.05, 3.63) is 52.8 Å². The quantitative estimate of drug-likeness (QED) is 0.372. The second-order valence-corrected chi connectivity index (χ2v) is 7.63. The highest BCUT2D eigenvalue weighted by atomic mass is 32.1. The molecule has 2 heterocycles. The van der Waals surface area contributed by atoms with Gasteiger partial charge in [-0.05, 0) is 29.1 Å². The number of fused-ring (bicyclic) bond motifs is 1. The zero-order valence-electron chi connectivity index (χ0n) is 16.2. The van der Waals surface area contributed by atoms with Gasteiger partial charge in [-0.1, -0.05) is 36.4 Å². The molecule has 1 aliphatic heterocycles. The summed E-state index contributed by atoms with van der Waals surface area (Å²) in [5.41, 5.74) is 6.79. The zero-order chi connectivity index (χ0) is 22.3. The van der Waals surface area contributed by atoms with Crippen LogP contribution in [0.5, 0.6) is 0 Å². The lowest BCUT2D eigenvalue weighted by Gasteiger charge is -2.41. The number of hydrogen-bond acceptors (Lipinski definition) is 9. The highest BCUT2D eigenvalue weighted by Crippen LogP contribution is 2.36. The maximum atomic E-state index is 10.6. The van der Waals surface area contributed by atoms with Crippen molar-refractivity contribution >= 4 is 28.8 Å². The number of nitrogen functional groups attached to an aromatic ring is 1. The number of nitrogens with two attached hydrogens (primary N) is 1. The third kappa shape index (κ3) is 3.57. The van der Waals surface area contributed by atoms with Gasteiger partial charge in [0, 0.05) is 5.56 Å². The van der Waals surface area contributed by atoms with E-state index in [0.29, 0.717) is 5.56 Å². The third-order valence-corrected chi connectivity index (χ3v) is 5.70. The Kier molecular flexibility index (Phi) is 5.72. The summed E-state index contributed by atoms with van der Waals surface area (Å²) in [6, 6.07) is 15.1. The molecule has 0 unspecified atom stereocenters. The first-order chi connectivity index (χ1) is 14.9. The molecule has 6 N–H and O–H groups in total. The van der Waals surface area contributed by atoms with E-state index in [4.69, 9.17) is 22.7 Å². The van der Waals surface area contributed by atoms with Crippen LogP contribution < -0.4 is 5.73 Å². The third-order valence-electron chi connectivity index (χ3n) is 5.41. The average Bonchev–Trinajstić information content (AvgIpc) is 2.77. The van der Waals surface area contributed by atoms with Crippen molar-refractivity contribution in [2.75, 3.05) is 12.3 Å². The first kappa shape index (κ1) is 21.3. The summed E-state index contributed by atoms with van der Waals surface area (Å²) in [4.78, 5) is 4.03. The number of nitrogens with zero attached hydrogens (tertiary/aromatic N) is 3. The van der Waals surface area contributed by atoms with Gasteiger partial charge in [-0.25, -0.2) is 4.98 Å².